The molecule has 0 bridgehead atoms. The van der Waals surface area contributed by atoms with Crippen LogP contribution in [0.1, 0.15) is 43.4 Å². The minimum Gasteiger partial charge on any atom is -0.335 e. The maximum absolute atomic E-state index is 12.1. The predicted octanol–water partition coefficient (Wildman–Crippen LogP) is 2.26. The molecule has 18 heavy (non-hydrogen) atoms. The third-order valence-corrected chi connectivity index (χ3v) is 3.65. The summed E-state index contributed by atoms with van der Waals surface area (Å²) in [5.74, 6) is 0.199. The molecule has 1 amide bonds. The van der Waals surface area contributed by atoms with Crippen molar-refractivity contribution >= 4 is 5.91 Å². The summed E-state index contributed by atoms with van der Waals surface area (Å²) in [6.45, 7) is 3.44. The zero-order chi connectivity index (χ0) is 13.0. The van der Waals surface area contributed by atoms with Crippen molar-refractivity contribution in [1.82, 2.24) is 4.90 Å². The van der Waals surface area contributed by atoms with E-state index in [1.54, 1.807) is 0 Å². The van der Waals surface area contributed by atoms with Crippen molar-refractivity contribution in [3.63, 3.8) is 0 Å². The first kappa shape index (κ1) is 13.1. The lowest BCUT2D eigenvalue weighted by Gasteiger charge is -2.37. The van der Waals surface area contributed by atoms with Crippen LogP contribution in [0.15, 0.2) is 24.3 Å². The van der Waals surface area contributed by atoms with E-state index in [1.807, 2.05) is 4.90 Å². The molecule has 0 spiro atoms. The standard InChI is InChI=1S/C15H22N2O/c1-2-5-14-13-7-4-3-6-12(13)9-11-17(14)15(18)8-10-16/h3-4,6-7,14H,2,5,8-11,16H2,1H3. The number of carbonyl (C=O) groups is 1. The monoisotopic (exact) mass is 246 g/mol. The van der Waals surface area contributed by atoms with E-state index in [0.717, 1.165) is 25.8 Å². The first-order valence-corrected chi connectivity index (χ1v) is 6.85. The summed E-state index contributed by atoms with van der Waals surface area (Å²) in [7, 11) is 0. The Kier molecular flexibility index (Phi) is 4.37. The van der Waals surface area contributed by atoms with Gasteiger partial charge in [0.25, 0.3) is 0 Å². The average molecular weight is 246 g/mol. The first-order chi connectivity index (χ1) is 8.77. The number of hydrogen-bond donors (Lipinski definition) is 1. The van der Waals surface area contributed by atoms with Crippen LogP contribution >= 0.6 is 0 Å². The van der Waals surface area contributed by atoms with Crippen LogP contribution in [-0.2, 0) is 11.2 Å². The van der Waals surface area contributed by atoms with Gasteiger partial charge in [0.15, 0.2) is 0 Å². The van der Waals surface area contributed by atoms with Crippen molar-refractivity contribution in [2.45, 2.75) is 38.6 Å². The Hall–Kier alpha value is -1.35. The van der Waals surface area contributed by atoms with Crippen LogP contribution in [-0.4, -0.2) is 23.9 Å². The molecule has 1 unspecified atom stereocenters. The molecule has 0 saturated carbocycles. The molecular weight excluding hydrogens is 224 g/mol. The van der Waals surface area contributed by atoms with E-state index in [4.69, 9.17) is 5.73 Å². The van der Waals surface area contributed by atoms with Crippen molar-refractivity contribution in [2.24, 2.45) is 5.73 Å². The highest BCUT2D eigenvalue weighted by atomic mass is 16.2. The second kappa shape index (κ2) is 6.01. The summed E-state index contributed by atoms with van der Waals surface area (Å²) < 4.78 is 0. The fourth-order valence-electron chi connectivity index (χ4n) is 2.80. The van der Waals surface area contributed by atoms with E-state index in [2.05, 4.69) is 31.2 Å². The third kappa shape index (κ3) is 2.56. The largest absolute Gasteiger partial charge is 0.335 e. The summed E-state index contributed by atoms with van der Waals surface area (Å²) in [5, 5.41) is 0. The van der Waals surface area contributed by atoms with Crippen molar-refractivity contribution in [1.29, 1.82) is 0 Å². The number of carbonyl (C=O) groups excluding carboxylic acids is 1. The molecular formula is C15H22N2O. The Bertz CT molecular complexity index is 417. The van der Waals surface area contributed by atoms with Crippen molar-refractivity contribution < 1.29 is 4.79 Å². The minimum atomic E-state index is 0.199. The van der Waals surface area contributed by atoms with Gasteiger partial charge in [-0.1, -0.05) is 37.6 Å². The average Bonchev–Trinajstić information content (AvgIpc) is 2.39. The molecule has 1 aliphatic heterocycles. The number of nitrogens with two attached hydrogens (primary N) is 1. The van der Waals surface area contributed by atoms with E-state index in [1.165, 1.54) is 11.1 Å². The molecule has 1 atom stereocenters. The van der Waals surface area contributed by atoms with Crippen molar-refractivity contribution in [3.05, 3.63) is 35.4 Å². The van der Waals surface area contributed by atoms with Crippen LogP contribution in [0.4, 0.5) is 0 Å². The smallest absolute Gasteiger partial charge is 0.224 e. The molecule has 1 aliphatic rings. The molecule has 0 saturated heterocycles. The van der Waals surface area contributed by atoms with Gasteiger partial charge in [-0.25, -0.2) is 0 Å². The van der Waals surface area contributed by atoms with E-state index in [9.17, 15) is 4.79 Å². The Morgan fingerprint density at radius 3 is 2.94 bits per heavy atom. The minimum absolute atomic E-state index is 0.199. The van der Waals surface area contributed by atoms with Crippen LogP contribution in [0.5, 0.6) is 0 Å². The zero-order valence-corrected chi connectivity index (χ0v) is 11.1. The highest BCUT2D eigenvalue weighted by Gasteiger charge is 2.29. The van der Waals surface area contributed by atoms with Gasteiger partial charge < -0.3 is 10.6 Å². The van der Waals surface area contributed by atoms with Crippen LogP contribution in [0, 0.1) is 0 Å². The van der Waals surface area contributed by atoms with Crippen molar-refractivity contribution in [3.8, 4) is 0 Å². The van der Waals surface area contributed by atoms with E-state index in [-0.39, 0.29) is 11.9 Å². The molecule has 0 fully saturated rings. The van der Waals surface area contributed by atoms with Gasteiger partial charge in [0.1, 0.15) is 0 Å². The van der Waals surface area contributed by atoms with E-state index in [0.29, 0.717) is 13.0 Å². The topological polar surface area (TPSA) is 46.3 Å². The van der Waals surface area contributed by atoms with E-state index < -0.39 is 0 Å². The Labute approximate surface area is 109 Å². The fourth-order valence-corrected chi connectivity index (χ4v) is 2.80. The Morgan fingerprint density at radius 2 is 2.22 bits per heavy atom. The number of fused-ring (bicyclic) bond motifs is 1. The lowest BCUT2D eigenvalue weighted by Crippen LogP contribution is -2.40. The molecule has 3 nitrogen and oxygen atoms in total. The molecule has 98 valence electrons. The molecule has 0 aromatic heterocycles. The zero-order valence-electron chi connectivity index (χ0n) is 11.1. The Balaban J connectivity index is 2.26. The lowest BCUT2D eigenvalue weighted by atomic mass is 9.90. The highest BCUT2D eigenvalue weighted by molar-refractivity contribution is 5.77. The van der Waals surface area contributed by atoms with Crippen LogP contribution in [0.2, 0.25) is 0 Å². The number of amides is 1. The van der Waals surface area contributed by atoms with Crippen LogP contribution < -0.4 is 5.73 Å². The molecule has 1 heterocycles. The summed E-state index contributed by atoms with van der Waals surface area (Å²) in [6, 6.07) is 8.75. The fraction of sp³-hybridized carbons (Fsp3) is 0.533. The maximum atomic E-state index is 12.1. The SMILES string of the molecule is CCCC1c2ccccc2CCN1C(=O)CCN. The molecule has 0 aliphatic carbocycles. The van der Waals surface area contributed by atoms with Gasteiger partial charge in [-0.05, 0) is 24.0 Å². The quantitative estimate of drug-likeness (QED) is 0.885. The van der Waals surface area contributed by atoms with Gasteiger partial charge in [0.2, 0.25) is 5.91 Å². The maximum Gasteiger partial charge on any atom is 0.224 e. The summed E-state index contributed by atoms with van der Waals surface area (Å²) in [4.78, 5) is 14.2. The Morgan fingerprint density at radius 1 is 1.44 bits per heavy atom. The lowest BCUT2D eigenvalue weighted by molar-refractivity contribution is -0.134. The summed E-state index contributed by atoms with van der Waals surface area (Å²) >= 11 is 0. The first-order valence-electron chi connectivity index (χ1n) is 6.85. The predicted molar refractivity (Wildman–Crippen MR) is 73.2 cm³/mol. The molecule has 1 aromatic rings. The molecule has 2 N–H and O–H groups in total. The van der Waals surface area contributed by atoms with Gasteiger partial charge in [0, 0.05) is 19.5 Å². The summed E-state index contributed by atoms with van der Waals surface area (Å²) in [5.41, 5.74) is 8.23. The number of benzene rings is 1. The highest BCUT2D eigenvalue weighted by Crippen LogP contribution is 2.33. The van der Waals surface area contributed by atoms with Crippen molar-refractivity contribution in [2.75, 3.05) is 13.1 Å². The van der Waals surface area contributed by atoms with Gasteiger partial charge in [0.05, 0.1) is 6.04 Å². The van der Waals surface area contributed by atoms with E-state index >= 15 is 0 Å². The number of rotatable bonds is 4. The van der Waals surface area contributed by atoms with Gasteiger partial charge in [-0.3, -0.25) is 4.79 Å². The molecule has 0 radical (unpaired) electrons. The molecule has 3 heteroatoms. The summed E-state index contributed by atoms with van der Waals surface area (Å²) in [6.07, 6.45) is 3.55. The second-order valence-electron chi connectivity index (χ2n) is 4.88. The van der Waals surface area contributed by atoms with Crippen LogP contribution in [0.25, 0.3) is 0 Å². The van der Waals surface area contributed by atoms with Gasteiger partial charge in [-0.2, -0.15) is 0 Å². The van der Waals surface area contributed by atoms with Gasteiger partial charge >= 0.3 is 0 Å². The number of nitrogens with zero attached hydrogens (tertiary/aromatic N) is 1. The molecule has 1 aromatic carbocycles. The third-order valence-electron chi connectivity index (χ3n) is 3.65. The van der Waals surface area contributed by atoms with Gasteiger partial charge in [-0.15, -0.1) is 0 Å². The molecule has 2 rings (SSSR count). The second-order valence-corrected chi connectivity index (χ2v) is 4.88. The number of hydrogen-bond acceptors (Lipinski definition) is 2. The van der Waals surface area contributed by atoms with Crippen LogP contribution in [0.3, 0.4) is 0 Å². The normalized spacial score (nSPS) is 18.6.